The molecule has 0 aliphatic rings. The van der Waals surface area contributed by atoms with Crippen molar-refractivity contribution in [3.63, 3.8) is 0 Å². The van der Waals surface area contributed by atoms with Crippen LogP contribution in [0, 0.1) is 5.92 Å². The lowest BCUT2D eigenvalue weighted by Gasteiger charge is -2.15. The molecule has 30 heavy (non-hydrogen) atoms. The number of nitrogens with one attached hydrogen (secondary N) is 1. The Bertz CT molecular complexity index is 1100. The van der Waals surface area contributed by atoms with Crippen molar-refractivity contribution in [3.05, 3.63) is 45.5 Å². The molecule has 0 bridgehead atoms. The zero-order valence-corrected chi connectivity index (χ0v) is 16.2. The quantitative estimate of drug-likeness (QED) is 0.546. The molecule has 1 aromatic carbocycles. The van der Waals surface area contributed by atoms with Gasteiger partial charge in [0.15, 0.2) is 11.2 Å². The molecule has 0 radical (unpaired) electrons. The number of rotatable bonds is 5. The molecule has 5 nitrogen and oxygen atoms in total. The SMILES string of the molecule is CC(CCc1nc2c(nc(-c3ccc(Cl)cc3)n2CC(F)(F)F)c(=O)[nH]1)C(F)(F)F. The molecule has 2 aromatic heterocycles. The van der Waals surface area contributed by atoms with Gasteiger partial charge in [0.25, 0.3) is 5.56 Å². The van der Waals surface area contributed by atoms with Crippen LogP contribution in [-0.2, 0) is 13.0 Å². The molecule has 2 heterocycles. The van der Waals surface area contributed by atoms with Crippen molar-refractivity contribution in [1.29, 1.82) is 0 Å². The summed E-state index contributed by atoms with van der Waals surface area (Å²) in [6, 6.07) is 5.79. The predicted molar refractivity (Wildman–Crippen MR) is 98.2 cm³/mol. The normalized spacial score (nSPS) is 13.7. The number of hydrogen-bond acceptors (Lipinski definition) is 3. The molecule has 0 aliphatic heterocycles. The van der Waals surface area contributed by atoms with E-state index in [0.717, 1.165) is 11.5 Å². The molecule has 0 aliphatic carbocycles. The van der Waals surface area contributed by atoms with Crippen molar-refractivity contribution in [2.75, 3.05) is 0 Å². The first kappa shape index (κ1) is 22.1. The van der Waals surface area contributed by atoms with E-state index in [2.05, 4.69) is 15.0 Å². The number of nitrogens with zero attached hydrogens (tertiary/aromatic N) is 3. The average molecular weight is 453 g/mol. The van der Waals surface area contributed by atoms with Crippen molar-refractivity contribution >= 4 is 22.8 Å². The first-order chi connectivity index (χ1) is 13.8. The van der Waals surface area contributed by atoms with Gasteiger partial charge in [-0.05, 0) is 30.7 Å². The van der Waals surface area contributed by atoms with E-state index in [1.807, 2.05) is 0 Å². The van der Waals surface area contributed by atoms with Gasteiger partial charge in [0.05, 0.1) is 5.92 Å². The summed E-state index contributed by atoms with van der Waals surface area (Å²) in [5, 5.41) is 0.356. The van der Waals surface area contributed by atoms with Crippen molar-refractivity contribution in [1.82, 2.24) is 19.5 Å². The maximum Gasteiger partial charge on any atom is 0.406 e. The largest absolute Gasteiger partial charge is 0.406 e. The molecule has 1 N–H and O–H groups in total. The van der Waals surface area contributed by atoms with Crippen LogP contribution in [0.2, 0.25) is 5.02 Å². The van der Waals surface area contributed by atoms with E-state index in [-0.39, 0.29) is 41.2 Å². The summed E-state index contributed by atoms with van der Waals surface area (Å²) in [4.78, 5) is 22.7. The number of alkyl halides is 6. The van der Waals surface area contributed by atoms with Gasteiger partial charge in [-0.1, -0.05) is 18.5 Å². The Morgan fingerprint density at radius 1 is 1.10 bits per heavy atom. The molecule has 0 saturated carbocycles. The third kappa shape index (κ3) is 4.94. The van der Waals surface area contributed by atoms with Gasteiger partial charge in [0.1, 0.15) is 18.2 Å². The fourth-order valence-electron chi connectivity index (χ4n) is 2.84. The smallest absolute Gasteiger partial charge is 0.309 e. The van der Waals surface area contributed by atoms with Gasteiger partial charge in [0, 0.05) is 17.0 Å². The maximum absolute atomic E-state index is 13.2. The highest BCUT2D eigenvalue weighted by Crippen LogP contribution is 2.30. The van der Waals surface area contributed by atoms with Gasteiger partial charge >= 0.3 is 12.4 Å². The Hall–Kier alpha value is -2.56. The third-order valence-electron chi connectivity index (χ3n) is 4.47. The lowest BCUT2D eigenvalue weighted by Crippen LogP contribution is -2.22. The molecule has 162 valence electrons. The summed E-state index contributed by atoms with van der Waals surface area (Å²) in [5.41, 5.74) is -1.24. The summed E-state index contributed by atoms with van der Waals surface area (Å²) >= 11 is 5.81. The van der Waals surface area contributed by atoms with Crippen molar-refractivity contribution in [3.8, 4) is 11.4 Å². The zero-order valence-electron chi connectivity index (χ0n) is 15.4. The van der Waals surface area contributed by atoms with E-state index >= 15 is 0 Å². The fraction of sp³-hybridized carbons (Fsp3) is 0.389. The first-order valence-corrected chi connectivity index (χ1v) is 9.12. The number of aromatic amines is 1. The number of H-pyrrole nitrogens is 1. The van der Waals surface area contributed by atoms with Crippen LogP contribution in [-0.4, -0.2) is 31.9 Å². The number of hydrogen-bond donors (Lipinski definition) is 1. The Labute approximate surface area is 170 Å². The number of aryl methyl sites for hydroxylation is 1. The van der Waals surface area contributed by atoms with E-state index in [4.69, 9.17) is 11.6 Å². The van der Waals surface area contributed by atoms with Crippen LogP contribution in [0.4, 0.5) is 26.3 Å². The molecular weight excluding hydrogens is 438 g/mol. The van der Waals surface area contributed by atoms with Crippen molar-refractivity contribution in [2.45, 2.75) is 38.7 Å². The van der Waals surface area contributed by atoms with Gasteiger partial charge in [0.2, 0.25) is 0 Å². The van der Waals surface area contributed by atoms with Gasteiger partial charge in [-0.2, -0.15) is 26.3 Å². The van der Waals surface area contributed by atoms with Crippen LogP contribution in [0.1, 0.15) is 19.2 Å². The Kier molecular flexibility index (Phi) is 5.85. The lowest BCUT2D eigenvalue weighted by molar-refractivity contribution is -0.171. The van der Waals surface area contributed by atoms with Crippen LogP contribution in [0.15, 0.2) is 29.1 Å². The highest BCUT2D eigenvalue weighted by Gasteiger charge is 2.35. The Morgan fingerprint density at radius 2 is 1.73 bits per heavy atom. The maximum atomic E-state index is 13.2. The highest BCUT2D eigenvalue weighted by molar-refractivity contribution is 6.30. The van der Waals surface area contributed by atoms with Gasteiger partial charge < -0.3 is 4.98 Å². The highest BCUT2D eigenvalue weighted by atomic mass is 35.5. The Balaban J connectivity index is 2.10. The van der Waals surface area contributed by atoms with Gasteiger partial charge in [-0.15, -0.1) is 0 Å². The third-order valence-corrected chi connectivity index (χ3v) is 4.72. The van der Waals surface area contributed by atoms with Gasteiger partial charge in [-0.3, -0.25) is 9.36 Å². The fourth-order valence-corrected chi connectivity index (χ4v) is 2.97. The minimum atomic E-state index is -4.65. The van der Waals surface area contributed by atoms with E-state index in [9.17, 15) is 31.1 Å². The molecule has 0 saturated heterocycles. The first-order valence-electron chi connectivity index (χ1n) is 8.74. The number of imidazole rings is 1. The molecule has 0 amide bonds. The minimum absolute atomic E-state index is 0.144. The second-order valence-corrected chi connectivity index (χ2v) is 7.25. The number of aromatic nitrogens is 4. The molecular formula is C18H15ClF6N4O. The molecule has 12 heteroatoms. The predicted octanol–water partition coefficient (Wildman–Crippen LogP) is 5.13. The second kappa shape index (κ2) is 7.93. The molecule has 1 unspecified atom stereocenters. The molecule has 0 spiro atoms. The summed E-state index contributed by atoms with van der Waals surface area (Å²) < 4.78 is 78.4. The van der Waals surface area contributed by atoms with Crippen LogP contribution >= 0.6 is 11.6 Å². The summed E-state index contributed by atoms with van der Waals surface area (Å²) in [5.74, 6) is -1.96. The van der Waals surface area contributed by atoms with Crippen LogP contribution < -0.4 is 5.56 Å². The van der Waals surface area contributed by atoms with E-state index in [0.29, 0.717) is 5.02 Å². The van der Waals surface area contributed by atoms with Crippen molar-refractivity contribution < 1.29 is 26.3 Å². The second-order valence-electron chi connectivity index (χ2n) is 6.81. The van der Waals surface area contributed by atoms with E-state index in [1.54, 1.807) is 0 Å². The number of benzene rings is 1. The average Bonchev–Trinajstić information content (AvgIpc) is 2.97. The van der Waals surface area contributed by atoms with E-state index < -0.39 is 30.4 Å². The molecule has 3 rings (SSSR count). The van der Waals surface area contributed by atoms with Crippen LogP contribution in [0.25, 0.3) is 22.6 Å². The summed E-state index contributed by atoms with van der Waals surface area (Å²) in [6.07, 6.45) is -9.72. The molecule has 0 fully saturated rings. The summed E-state index contributed by atoms with van der Waals surface area (Å²) in [6.45, 7) is -0.501. The molecule has 1 atom stereocenters. The topological polar surface area (TPSA) is 63.6 Å². The lowest BCUT2D eigenvalue weighted by atomic mass is 10.1. The number of fused-ring (bicyclic) bond motifs is 1. The standard InChI is InChI=1S/C18H15ClF6N4O/c1-9(18(23,24)25)2-7-12-26-15-13(16(30)27-12)28-14(29(15)8-17(20,21)22)10-3-5-11(19)6-4-10/h3-6,9H,2,7-8H2,1H3,(H,26,27,30). The molecule has 3 aromatic rings. The monoisotopic (exact) mass is 452 g/mol. The minimum Gasteiger partial charge on any atom is -0.309 e. The Morgan fingerprint density at radius 3 is 2.30 bits per heavy atom. The number of halogens is 7. The van der Waals surface area contributed by atoms with Crippen LogP contribution in [0.3, 0.4) is 0 Å². The van der Waals surface area contributed by atoms with Gasteiger partial charge in [-0.25, -0.2) is 9.97 Å². The van der Waals surface area contributed by atoms with Crippen LogP contribution in [0.5, 0.6) is 0 Å². The summed E-state index contributed by atoms with van der Waals surface area (Å²) in [7, 11) is 0. The van der Waals surface area contributed by atoms with E-state index in [1.165, 1.54) is 24.3 Å². The van der Waals surface area contributed by atoms with Crippen molar-refractivity contribution in [2.24, 2.45) is 5.92 Å². The zero-order chi connectivity index (χ0) is 22.3.